The number of carbonyl (C=O) groups excluding carboxylic acids is 1. The average Bonchev–Trinajstić information content (AvgIpc) is 2.75. The first-order valence-corrected chi connectivity index (χ1v) is 7.32. The number of amides is 1. The van der Waals surface area contributed by atoms with Crippen LogP contribution in [0.2, 0.25) is 0 Å². The third-order valence-electron chi connectivity index (χ3n) is 2.87. The molecule has 1 N–H and O–H groups in total. The van der Waals surface area contributed by atoms with E-state index in [2.05, 4.69) is 4.74 Å². The lowest BCUT2D eigenvalue weighted by atomic mass is 10.1. The van der Waals surface area contributed by atoms with Crippen molar-refractivity contribution in [2.45, 2.75) is 31.1 Å². The molecule has 0 unspecified atom stereocenters. The Labute approximate surface area is 106 Å². The van der Waals surface area contributed by atoms with Crippen molar-refractivity contribution in [3.63, 3.8) is 0 Å². The molecular weight excluding hydrogens is 254 g/mol. The van der Waals surface area contributed by atoms with Crippen molar-refractivity contribution in [2.24, 2.45) is 0 Å². The lowest BCUT2D eigenvalue weighted by Crippen LogP contribution is -2.31. The Bertz CT molecular complexity index is 565. The fourth-order valence-corrected chi connectivity index (χ4v) is 2.99. The van der Waals surface area contributed by atoms with Crippen LogP contribution in [0.3, 0.4) is 0 Å². The first-order valence-electron chi connectivity index (χ1n) is 5.84. The summed E-state index contributed by atoms with van der Waals surface area (Å²) < 4.78 is 30.2. The van der Waals surface area contributed by atoms with Crippen LogP contribution in [0.15, 0.2) is 23.1 Å². The van der Waals surface area contributed by atoms with Crippen LogP contribution in [0, 0.1) is 0 Å². The Hall–Kier alpha value is -1.56. The molecule has 0 fully saturated rings. The predicted molar refractivity (Wildman–Crippen MR) is 65.8 cm³/mol. The normalized spacial score (nSPS) is 14.1. The van der Waals surface area contributed by atoms with Crippen LogP contribution < -0.4 is 4.72 Å². The minimum absolute atomic E-state index is 0.108. The first kappa shape index (κ1) is 12.9. The van der Waals surface area contributed by atoms with Gasteiger partial charge in [0, 0.05) is 0 Å². The highest BCUT2D eigenvalue weighted by molar-refractivity contribution is 7.90. The molecule has 0 saturated carbocycles. The van der Waals surface area contributed by atoms with E-state index in [-0.39, 0.29) is 11.5 Å². The highest BCUT2D eigenvalue weighted by Gasteiger charge is 2.20. The molecule has 1 aliphatic carbocycles. The second-order valence-corrected chi connectivity index (χ2v) is 5.79. The van der Waals surface area contributed by atoms with Gasteiger partial charge in [0.05, 0.1) is 11.5 Å². The van der Waals surface area contributed by atoms with E-state index in [0.29, 0.717) is 0 Å². The number of carbonyl (C=O) groups is 1. The summed E-state index contributed by atoms with van der Waals surface area (Å²) in [5.74, 6) is 0. The number of fused-ring (bicyclic) bond motifs is 1. The maximum atomic E-state index is 11.9. The average molecular weight is 269 g/mol. The molecule has 18 heavy (non-hydrogen) atoms. The number of benzene rings is 1. The van der Waals surface area contributed by atoms with Crippen LogP contribution in [0.1, 0.15) is 24.5 Å². The predicted octanol–water partition coefficient (Wildman–Crippen LogP) is 1.61. The minimum Gasteiger partial charge on any atom is -0.449 e. The lowest BCUT2D eigenvalue weighted by molar-refractivity contribution is 0.158. The zero-order chi connectivity index (χ0) is 13.2. The van der Waals surface area contributed by atoms with E-state index in [1.54, 1.807) is 13.0 Å². The molecule has 0 spiro atoms. The highest BCUT2D eigenvalue weighted by Crippen LogP contribution is 2.24. The Morgan fingerprint density at radius 1 is 1.33 bits per heavy atom. The molecule has 1 aliphatic rings. The molecule has 5 nitrogen and oxygen atoms in total. The lowest BCUT2D eigenvalue weighted by Gasteiger charge is -2.08. The van der Waals surface area contributed by atoms with Crippen LogP contribution in [0.25, 0.3) is 0 Å². The number of hydrogen-bond donors (Lipinski definition) is 1. The molecule has 0 saturated heterocycles. The van der Waals surface area contributed by atoms with E-state index in [9.17, 15) is 13.2 Å². The van der Waals surface area contributed by atoms with Crippen LogP contribution in [-0.2, 0) is 27.6 Å². The summed E-state index contributed by atoms with van der Waals surface area (Å²) in [4.78, 5) is 11.3. The van der Waals surface area contributed by atoms with Crippen molar-refractivity contribution in [1.82, 2.24) is 4.72 Å². The number of aryl methyl sites for hydroxylation is 2. The number of sulfonamides is 1. The van der Waals surface area contributed by atoms with E-state index in [4.69, 9.17) is 0 Å². The summed E-state index contributed by atoms with van der Waals surface area (Å²) in [6, 6.07) is 4.96. The Kier molecular flexibility index (Phi) is 3.56. The maximum absolute atomic E-state index is 11.9. The molecule has 1 amide bonds. The van der Waals surface area contributed by atoms with Gasteiger partial charge in [-0.1, -0.05) is 6.07 Å². The second kappa shape index (κ2) is 4.97. The van der Waals surface area contributed by atoms with E-state index >= 15 is 0 Å². The molecule has 0 atom stereocenters. The van der Waals surface area contributed by atoms with Gasteiger partial charge in [-0.05, 0) is 49.4 Å². The zero-order valence-corrected chi connectivity index (χ0v) is 10.9. The smallest absolute Gasteiger partial charge is 0.421 e. The van der Waals surface area contributed by atoms with Gasteiger partial charge in [-0.3, -0.25) is 0 Å². The van der Waals surface area contributed by atoms with Gasteiger partial charge in [0.15, 0.2) is 0 Å². The number of rotatable bonds is 3. The van der Waals surface area contributed by atoms with Crippen LogP contribution in [-0.4, -0.2) is 21.1 Å². The second-order valence-electron chi connectivity index (χ2n) is 4.11. The number of hydrogen-bond acceptors (Lipinski definition) is 4. The summed E-state index contributed by atoms with van der Waals surface area (Å²) in [5, 5.41) is 0. The zero-order valence-electron chi connectivity index (χ0n) is 10.1. The van der Waals surface area contributed by atoms with Gasteiger partial charge in [-0.15, -0.1) is 0 Å². The molecule has 0 aliphatic heterocycles. The minimum atomic E-state index is -3.83. The van der Waals surface area contributed by atoms with Gasteiger partial charge in [-0.2, -0.15) is 0 Å². The molecule has 0 bridgehead atoms. The molecule has 6 heteroatoms. The van der Waals surface area contributed by atoms with E-state index in [1.807, 2.05) is 10.8 Å². The van der Waals surface area contributed by atoms with Crippen LogP contribution >= 0.6 is 0 Å². The Morgan fingerprint density at radius 2 is 2.06 bits per heavy atom. The van der Waals surface area contributed by atoms with E-state index in [0.717, 1.165) is 24.8 Å². The van der Waals surface area contributed by atoms with Crippen LogP contribution in [0.5, 0.6) is 0 Å². The molecule has 0 heterocycles. The molecule has 98 valence electrons. The number of nitrogens with one attached hydrogen (secondary N) is 1. The van der Waals surface area contributed by atoms with Gasteiger partial charge in [0.1, 0.15) is 0 Å². The Morgan fingerprint density at radius 3 is 2.78 bits per heavy atom. The van der Waals surface area contributed by atoms with Gasteiger partial charge >= 0.3 is 6.09 Å². The molecule has 2 rings (SSSR count). The van der Waals surface area contributed by atoms with E-state index in [1.165, 1.54) is 11.6 Å². The van der Waals surface area contributed by atoms with Crippen molar-refractivity contribution in [2.75, 3.05) is 6.61 Å². The van der Waals surface area contributed by atoms with Crippen molar-refractivity contribution >= 4 is 16.1 Å². The van der Waals surface area contributed by atoms with Gasteiger partial charge < -0.3 is 4.74 Å². The third kappa shape index (κ3) is 2.64. The highest BCUT2D eigenvalue weighted by atomic mass is 32.2. The SMILES string of the molecule is CCOC(=O)NS(=O)(=O)c1ccc2c(c1)CCC2. The molecule has 1 aromatic rings. The summed E-state index contributed by atoms with van der Waals surface area (Å²) in [6.07, 6.45) is 1.97. The van der Waals surface area contributed by atoms with E-state index < -0.39 is 16.1 Å². The van der Waals surface area contributed by atoms with Crippen LogP contribution in [0.4, 0.5) is 4.79 Å². The summed E-state index contributed by atoms with van der Waals surface area (Å²) in [6.45, 7) is 1.74. The molecule has 0 radical (unpaired) electrons. The van der Waals surface area contributed by atoms with Crippen molar-refractivity contribution < 1.29 is 17.9 Å². The van der Waals surface area contributed by atoms with Gasteiger partial charge in [0.2, 0.25) is 0 Å². The quantitative estimate of drug-likeness (QED) is 0.904. The molecule has 0 aromatic heterocycles. The van der Waals surface area contributed by atoms with Gasteiger partial charge in [0.25, 0.3) is 10.0 Å². The monoisotopic (exact) mass is 269 g/mol. The summed E-state index contributed by atoms with van der Waals surface area (Å²) >= 11 is 0. The van der Waals surface area contributed by atoms with Crippen molar-refractivity contribution in [3.05, 3.63) is 29.3 Å². The molecular formula is C12H15NO4S. The fourth-order valence-electron chi connectivity index (χ4n) is 2.04. The van der Waals surface area contributed by atoms with Crippen molar-refractivity contribution in [1.29, 1.82) is 0 Å². The topological polar surface area (TPSA) is 72.5 Å². The first-order chi connectivity index (χ1) is 8.53. The maximum Gasteiger partial charge on any atom is 0.421 e. The third-order valence-corrected chi connectivity index (χ3v) is 4.18. The summed E-state index contributed by atoms with van der Waals surface area (Å²) in [5.41, 5.74) is 2.23. The van der Waals surface area contributed by atoms with Crippen molar-refractivity contribution in [3.8, 4) is 0 Å². The number of ether oxygens (including phenoxy) is 1. The van der Waals surface area contributed by atoms with Gasteiger partial charge in [-0.25, -0.2) is 17.9 Å². The Balaban J connectivity index is 2.22. The molecule has 1 aromatic carbocycles. The summed E-state index contributed by atoms with van der Waals surface area (Å²) in [7, 11) is -3.83. The standard InChI is InChI=1S/C12H15NO4S/c1-2-17-12(14)13-18(15,16)11-7-6-9-4-3-5-10(9)8-11/h6-8H,2-5H2,1H3,(H,13,14). The fraction of sp³-hybridized carbons (Fsp3) is 0.417. The largest absolute Gasteiger partial charge is 0.449 e.